The molecule has 1 saturated heterocycles. The van der Waals surface area contributed by atoms with E-state index in [9.17, 15) is 9.59 Å². The highest BCUT2D eigenvalue weighted by molar-refractivity contribution is 5.94. The summed E-state index contributed by atoms with van der Waals surface area (Å²) >= 11 is 0. The zero-order valence-corrected chi connectivity index (χ0v) is 16.5. The van der Waals surface area contributed by atoms with Crippen LogP contribution in [-0.2, 0) is 16.0 Å². The minimum Gasteiger partial charge on any atom is -0.497 e. The summed E-state index contributed by atoms with van der Waals surface area (Å²) in [7, 11) is 3.26. The molecular weight excluding hydrogens is 344 g/mol. The predicted molar refractivity (Wildman–Crippen MR) is 103 cm³/mol. The van der Waals surface area contributed by atoms with E-state index in [0.29, 0.717) is 25.8 Å². The molecule has 1 N–H and O–H groups in total. The number of ether oxygens (including phenoxy) is 2. The van der Waals surface area contributed by atoms with E-state index in [1.54, 1.807) is 19.1 Å². The second-order valence-corrected chi connectivity index (χ2v) is 7.70. The van der Waals surface area contributed by atoms with Crippen molar-refractivity contribution in [3.05, 3.63) is 23.8 Å². The van der Waals surface area contributed by atoms with Gasteiger partial charge >= 0.3 is 0 Å². The van der Waals surface area contributed by atoms with Gasteiger partial charge in [0.05, 0.1) is 14.2 Å². The second kappa shape index (κ2) is 8.19. The minimum atomic E-state index is -0.772. The predicted octanol–water partition coefficient (Wildman–Crippen LogP) is 2.69. The quantitative estimate of drug-likeness (QED) is 0.797. The van der Waals surface area contributed by atoms with Crippen LogP contribution < -0.4 is 14.8 Å². The van der Waals surface area contributed by atoms with E-state index in [1.807, 2.05) is 25.1 Å². The van der Waals surface area contributed by atoms with E-state index in [-0.39, 0.29) is 17.9 Å². The molecule has 1 aliphatic heterocycles. The molecule has 0 aromatic heterocycles. The van der Waals surface area contributed by atoms with Gasteiger partial charge in [0.2, 0.25) is 11.8 Å². The first-order chi connectivity index (χ1) is 13.0. The molecule has 0 radical (unpaired) electrons. The number of methoxy groups -OCH3 is 2. The number of benzene rings is 1. The molecule has 0 unspecified atom stereocenters. The molecule has 1 aromatic rings. The van der Waals surface area contributed by atoms with E-state index in [4.69, 9.17) is 9.47 Å². The SMILES string of the molecule is COc1ccc(OC)c(CCN2C(=O)CC[C@]2(C)C(=O)NC2CCCC2)c1. The van der Waals surface area contributed by atoms with Crippen LogP contribution in [0.2, 0.25) is 0 Å². The van der Waals surface area contributed by atoms with Crippen LogP contribution in [-0.4, -0.2) is 49.1 Å². The van der Waals surface area contributed by atoms with Gasteiger partial charge in [0.15, 0.2) is 0 Å². The Kier molecular flexibility index (Phi) is 5.92. The van der Waals surface area contributed by atoms with Crippen LogP contribution in [0.4, 0.5) is 0 Å². The summed E-state index contributed by atoms with van der Waals surface area (Å²) in [6.07, 6.45) is 6.01. The van der Waals surface area contributed by atoms with Crippen LogP contribution in [0.1, 0.15) is 51.0 Å². The van der Waals surface area contributed by atoms with Gasteiger partial charge in [-0.2, -0.15) is 0 Å². The summed E-state index contributed by atoms with van der Waals surface area (Å²) in [5.74, 6) is 1.54. The lowest BCUT2D eigenvalue weighted by atomic mass is 9.96. The number of amides is 2. The van der Waals surface area contributed by atoms with Crippen LogP contribution >= 0.6 is 0 Å². The molecule has 2 amide bonds. The Bertz CT molecular complexity index is 699. The van der Waals surface area contributed by atoms with Gasteiger partial charge in [-0.1, -0.05) is 12.8 Å². The normalized spacial score (nSPS) is 22.9. The van der Waals surface area contributed by atoms with Crippen molar-refractivity contribution in [2.75, 3.05) is 20.8 Å². The number of rotatable bonds is 7. The summed E-state index contributed by atoms with van der Waals surface area (Å²) in [6, 6.07) is 5.90. The van der Waals surface area contributed by atoms with Crippen LogP contribution in [0, 0.1) is 0 Å². The summed E-state index contributed by atoms with van der Waals surface area (Å²) in [6.45, 7) is 2.38. The number of hydrogen-bond acceptors (Lipinski definition) is 4. The molecule has 6 heteroatoms. The molecule has 1 heterocycles. The molecule has 1 saturated carbocycles. The topological polar surface area (TPSA) is 67.9 Å². The summed E-state index contributed by atoms with van der Waals surface area (Å²) in [5.41, 5.74) is 0.196. The first-order valence-electron chi connectivity index (χ1n) is 9.80. The minimum absolute atomic E-state index is 0.0159. The van der Waals surface area contributed by atoms with Crippen molar-refractivity contribution in [3.63, 3.8) is 0 Å². The highest BCUT2D eigenvalue weighted by atomic mass is 16.5. The third-order valence-electron chi connectivity index (χ3n) is 5.99. The summed E-state index contributed by atoms with van der Waals surface area (Å²) in [5, 5.41) is 3.17. The standard InChI is InChI=1S/C21H30N2O4/c1-21(20(25)22-16-6-4-5-7-16)12-10-19(24)23(21)13-11-15-14-17(26-2)8-9-18(15)27-3/h8-9,14,16H,4-7,10-13H2,1-3H3,(H,22,25)/t21-/m1/s1. The fraction of sp³-hybridized carbons (Fsp3) is 0.619. The fourth-order valence-corrected chi connectivity index (χ4v) is 4.22. The molecule has 27 heavy (non-hydrogen) atoms. The Morgan fingerprint density at radius 2 is 2.00 bits per heavy atom. The van der Waals surface area contributed by atoms with Crippen molar-refractivity contribution in [2.45, 2.75) is 63.5 Å². The van der Waals surface area contributed by atoms with Crippen LogP contribution in [0.5, 0.6) is 11.5 Å². The molecule has 6 nitrogen and oxygen atoms in total. The Labute approximate surface area is 161 Å². The van der Waals surface area contributed by atoms with Crippen LogP contribution in [0.3, 0.4) is 0 Å². The Morgan fingerprint density at radius 1 is 1.26 bits per heavy atom. The van der Waals surface area contributed by atoms with Crippen LogP contribution in [0.15, 0.2) is 18.2 Å². The van der Waals surface area contributed by atoms with E-state index < -0.39 is 5.54 Å². The Morgan fingerprint density at radius 3 is 2.67 bits per heavy atom. The largest absolute Gasteiger partial charge is 0.497 e. The zero-order valence-electron chi connectivity index (χ0n) is 16.5. The first-order valence-corrected chi connectivity index (χ1v) is 9.80. The van der Waals surface area contributed by atoms with Gasteiger partial charge in [0.1, 0.15) is 17.0 Å². The molecule has 3 rings (SSSR count). The maximum atomic E-state index is 13.0. The molecule has 2 fully saturated rings. The number of nitrogens with zero attached hydrogens (tertiary/aromatic N) is 1. The van der Waals surface area contributed by atoms with Crippen molar-refractivity contribution < 1.29 is 19.1 Å². The number of carbonyl (C=O) groups is 2. The fourth-order valence-electron chi connectivity index (χ4n) is 4.22. The highest BCUT2D eigenvalue weighted by Crippen LogP contribution is 2.32. The van der Waals surface area contributed by atoms with E-state index in [2.05, 4.69) is 5.32 Å². The van der Waals surface area contributed by atoms with Crippen molar-refractivity contribution in [2.24, 2.45) is 0 Å². The summed E-state index contributed by atoms with van der Waals surface area (Å²) < 4.78 is 10.7. The number of carbonyl (C=O) groups excluding carboxylic acids is 2. The molecule has 148 valence electrons. The van der Waals surface area contributed by atoms with Crippen molar-refractivity contribution in [1.29, 1.82) is 0 Å². The Hall–Kier alpha value is -2.24. The second-order valence-electron chi connectivity index (χ2n) is 7.70. The molecule has 1 atom stereocenters. The third-order valence-corrected chi connectivity index (χ3v) is 5.99. The molecule has 2 aliphatic rings. The molecule has 1 aliphatic carbocycles. The first kappa shape index (κ1) is 19.5. The molecular formula is C21H30N2O4. The lowest BCUT2D eigenvalue weighted by molar-refractivity contribution is -0.140. The summed E-state index contributed by atoms with van der Waals surface area (Å²) in [4.78, 5) is 27.2. The van der Waals surface area contributed by atoms with Gasteiger partial charge in [0.25, 0.3) is 0 Å². The van der Waals surface area contributed by atoms with Crippen molar-refractivity contribution in [3.8, 4) is 11.5 Å². The molecule has 0 spiro atoms. The monoisotopic (exact) mass is 374 g/mol. The van der Waals surface area contributed by atoms with E-state index in [0.717, 1.165) is 29.9 Å². The number of hydrogen-bond donors (Lipinski definition) is 1. The van der Waals surface area contributed by atoms with Crippen molar-refractivity contribution >= 4 is 11.8 Å². The maximum absolute atomic E-state index is 13.0. The highest BCUT2D eigenvalue weighted by Gasteiger charge is 2.47. The number of likely N-dealkylation sites (tertiary alicyclic amines) is 1. The van der Waals surface area contributed by atoms with Gasteiger partial charge in [0, 0.05) is 19.0 Å². The van der Waals surface area contributed by atoms with E-state index in [1.165, 1.54) is 12.8 Å². The third kappa shape index (κ3) is 4.04. The molecule has 0 bridgehead atoms. The van der Waals surface area contributed by atoms with Gasteiger partial charge in [-0.25, -0.2) is 0 Å². The average Bonchev–Trinajstić information content (AvgIpc) is 3.28. The van der Waals surface area contributed by atoms with E-state index >= 15 is 0 Å². The lowest BCUT2D eigenvalue weighted by Crippen LogP contribution is -2.56. The average molecular weight is 374 g/mol. The van der Waals surface area contributed by atoms with Gasteiger partial charge in [-0.3, -0.25) is 9.59 Å². The van der Waals surface area contributed by atoms with Crippen molar-refractivity contribution in [1.82, 2.24) is 10.2 Å². The van der Waals surface area contributed by atoms with Gasteiger partial charge < -0.3 is 19.7 Å². The maximum Gasteiger partial charge on any atom is 0.245 e. The Balaban J connectivity index is 1.72. The zero-order chi connectivity index (χ0) is 19.4. The smallest absolute Gasteiger partial charge is 0.245 e. The molecule has 1 aromatic carbocycles. The van der Waals surface area contributed by atoms with Gasteiger partial charge in [-0.05, 0) is 56.4 Å². The number of nitrogens with one attached hydrogen (secondary N) is 1. The van der Waals surface area contributed by atoms with Gasteiger partial charge in [-0.15, -0.1) is 0 Å². The van der Waals surface area contributed by atoms with Crippen LogP contribution in [0.25, 0.3) is 0 Å². The lowest BCUT2D eigenvalue weighted by Gasteiger charge is -2.35.